The van der Waals surface area contributed by atoms with Crippen molar-refractivity contribution in [1.82, 2.24) is 9.97 Å². The van der Waals surface area contributed by atoms with Gasteiger partial charge in [-0.25, -0.2) is 14.4 Å². The first-order chi connectivity index (χ1) is 17.1. The highest BCUT2D eigenvalue weighted by atomic mass is 79.9. The highest BCUT2D eigenvalue weighted by Crippen LogP contribution is 2.35. The highest BCUT2D eigenvalue weighted by molar-refractivity contribution is 9.10. The largest absolute Gasteiger partial charge is 0.493 e. The molecule has 1 N–H and O–H groups in total. The number of nitrogens with one attached hydrogen (secondary N) is 1. The van der Waals surface area contributed by atoms with E-state index in [1.807, 2.05) is 0 Å². The van der Waals surface area contributed by atoms with Crippen molar-refractivity contribution in [3.05, 3.63) is 76.8 Å². The number of rotatable bonds is 7. The molecule has 35 heavy (non-hydrogen) atoms. The minimum atomic E-state index is -0.391. The number of hydrogen-bond donors (Lipinski definition) is 1. The van der Waals surface area contributed by atoms with Crippen molar-refractivity contribution in [3.8, 4) is 11.5 Å². The maximum absolute atomic E-state index is 14.3. The Morgan fingerprint density at radius 1 is 1.03 bits per heavy atom. The SMILES string of the molecule is COc1cc2c(Nc3ccc(Br)cc3F)ncnc2cc1OCc1ccc(N2CCOCC2)cc1. The van der Waals surface area contributed by atoms with Crippen molar-refractivity contribution < 1.29 is 18.6 Å². The Kier molecular flexibility index (Phi) is 6.96. The monoisotopic (exact) mass is 538 g/mol. The Morgan fingerprint density at radius 3 is 2.57 bits per heavy atom. The number of methoxy groups -OCH3 is 1. The number of nitrogens with zero attached hydrogens (tertiary/aromatic N) is 3. The lowest BCUT2D eigenvalue weighted by Crippen LogP contribution is -2.36. The van der Waals surface area contributed by atoms with Gasteiger partial charge in [0.15, 0.2) is 11.5 Å². The molecule has 0 bridgehead atoms. The molecule has 5 rings (SSSR count). The highest BCUT2D eigenvalue weighted by Gasteiger charge is 2.14. The molecule has 1 aliphatic rings. The molecule has 180 valence electrons. The zero-order valence-electron chi connectivity index (χ0n) is 19.1. The molecule has 1 saturated heterocycles. The number of benzene rings is 3. The van der Waals surface area contributed by atoms with Crippen molar-refractivity contribution in [2.45, 2.75) is 6.61 Å². The molecule has 3 aromatic carbocycles. The van der Waals surface area contributed by atoms with Crippen LogP contribution >= 0.6 is 15.9 Å². The van der Waals surface area contributed by atoms with Crippen molar-refractivity contribution in [2.24, 2.45) is 0 Å². The van der Waals surface area contributed by atoms with E-state index in [0.717, 1.165) is 31.9 Å². The summed E-state index contributed by atoms with van der Waals surface area (Å²) < 4.78 is 32.1. The Balaban J connectivity index is 1.35. The molecule has 0 saturated carbocycles. The molecule has 2 heterocycles. The second-order valence-corrected chi connectivity index (χ2v) is 8.96. The van der Waals surface area contributed by atoms with E-state index in [4.69, 9.17) is 14.2 Å². The van der Waals surface area contributed by atoms with Gasteiger partial charge >= 0.3 is 0 Å². The summed E-state index contributed by atoms with van der Waals surface area (Å²) in [5.74, 6) is 1.19. The fourth-order valence-electron chi connectivity index (χ4n) is 3.94. The van der Waals surface area contributed by atoms with Crippen LogP contribution in [0.25, 0.3) is 10.9 Å². The van der Waals surface area contributed by atoms with Gasteiger partial charge in [0.05, 0.1) is 31.5 Å². The first-order valence-electron chi connectivity index (χ1n) is 11.2. The molecule has 4 aromatic rings. The Hall–Kier alpha value is -3.43. The summed E-state index contributed by atoms with van der Waals surface area (Å²) in [5.41, 5.74) is 3.19. The summed E-state index contributed by atoms with van der Waals surface area (Å²) in [6.07, 6.45) is 1.43. The van der Waals surface area contributed by atoms with Crippen molar-refractivity contribution in [3.63, 3.8) is 0 Å². The predicted octanol–water partition coefficient (Wildman–Crippen LogP) is 5.70. The van der Waals surface area contributed by atoms with Gasteiger partial charge in [0, 0.05) is 34.7 Å². The summed E-state index contributed by atoms with van der Waals surface area (Å²) in [7, 11) is 1.58. The van der Waals surface area contributed by atoms with E-state index in [1.165, 1.54) is 18.1 Å². The van der Waals surface area contributed by atoms with E-state index in [0.29, 0.717) is 45.0 Å². The van der Waals surface area contributed by atoms with Crippen LogP contribution in [0.1, 0.15) is 5.56 Å². The topological polar surface area (TPSA) is 68.7 Å². The molecule has 0 atom stereocenters. The minimum Gasteiger partial charge on any atom is -0.493 e. The third kappa shape index (κ3) is 5.31. The third-order valence-corrected chi connectivity index (χ3v) is 6.31. The standard InChI is InChI=1S/C26H24BrFN4O3/c1-33-24-13-20-23(29-16-30-26(20)31-22-7-4-18(27)12-21(22)28)14-25(24)35-15-17-2-5-19(6-3-17)32-8-10-34-11-9-32/h2-7,12-14,16H,8-11,15H2,1H3,(H,29,30,31). The van der Waals surface area contributed by atoms with Crippen LogP contribution in [0.4, 0.5) is 21.6 Å². The van der Waals surface area contributed by atoms with Crippen molar-refractivity contribution >= 4 is 44.0 Å². The van der Waals surface area contributed by atoms with Gasteiger partial charge in [-0.2, -0.15) is 0 Å². The molecule has 7 nitrogen and oxygen atoms in total. The van der Waals surface area contributed by atoms with E-state index >= 15 is 0 Å². The fourth-order valence-corrected chi connectivity index (χ4v) is 4.27. The van der Waals surface area contributed by atoms with Gasteiger partial charge in [0.1, 0.15) is 24.6 Å². The normalized spacial score (nSPS) is 13.6. The number of hydrogen-bond acceptors (Lipinski definition) is 7. The number of fused-ring (bicyclic) bond motifs is 1. The van der Waals surface area contributed by atoms with E-state index in [2.05, 4.69) is 60.4 Å². The van der Waals surface area contributed by atoms with Crippen LogP contribution in [0.3, 0.4) is 0 Å². The zero-order chi connectivity index (χ0) is 24.2. The smallest absolute Gasteiger partial charge is 0.163 e. The molecule has 0 unspecified atom stereocenters. The number of aromatic nitrogens is 2. The number of halogens is 2. The van der Waals surface area contributed by atoms with Gasteiger partial charge in [0.2, 0.25) is 0 Å². The molecule has 1 fully saturated rings. The first kappa shape index (κ1) is 23.3. The molecule has 0 aliphatic carbocycles. The van der Waals surface area contributed by atoms with Gasteiger partial charge < -0.3 is 24.4 Å². The molecule has 9 heteroatoms. The lowest BCUT2D eigenvalue weighted by atomic mass is 10.2. The van der Waals surface area contributed by atoms with E-state index in [1.54, 1.807) is 31.4 Å². The molecule has 0 spiro atoms. The zero-order valence-corrected chi connectivity index (χ0v) is 20.7. The van der Waals surface area contributed by atoms with Crippen molar-refractivity contribution in [1.29, 1.82) is 0 Å². The van der Waals surface area contributed by atoms with Crippen LogP contribution in [-0.2, 0) is 11.3 Å². The van der Waals surface area contributed by atoms with Crippen LogP contribution in [0, 0.1) is 5.82 Å². The maximum atomic E-state index is 14.3. The molecule has 1 aliphatic heterocycles. The van der Waals surface area contributed by atoms with Crippen molar-refractivity contribution in [2.75, 3.05) is 43.6 Å². The van der Waals surface area contributed by atoms with Crippen LogP contribution in [0.2, 0.25) is 0 Å². The van der Waals surface area contributed by atoms with Crippen LogP contribution in [0.5, 0.6) is 11.5 Å². The second-order valence-electron chi connectivity index (χ2n) is 8.05. The first-order valence-corrected chi connectivity index (χ1v) is 12.0. The van der Waals surface area contributed by atoms with Crippen LogP contribution in [0.15, 0.2) is 65.4 Å². The predicted molar refractivity (Wildman–Crippen MR) is 137 cm³/mol. The quantitative estimate of drug-likeness (QED) is 0.323. The minimum absolute atomic E-state index is 0.313. The average Bonchev–Trinajstić information content (AvgIpc) is 2.89. The van der Waals surface area contributed by atoms with Gasteiger partial charge in [-0.1, -0.05) is 28.1 Å². The summed E-state index contributed by atoms with van der Waals surface area (Å²) in [6.45, 7) is 3.69. The van der Waals surface area contributed by atoms with Gasteiger partial charge in [-0.15, -0.1) is 0 Å². The Bertz CT molecular complexity index is 1330. The van der Waals surface area contributed by atoms with E-state index in [9.17, 15) is 4.39 Å². The van der Waals surface area contributed by atoms with Crippen LogP contribution < -0.4 is 19.7 Å². The van der Waals surface area contributed by atoms with E-state index < -0.39 is 5.82 Å². The maximum Gasteiger partial charge on any atom is 0.163 e. The lowest BCUT2D eigenvalue weighted by molar-refractivity contribution is 0.122. The fraction of sp³-hybridized carbons (Fsp3) is 0.231. The number of morpholine rings is 1. The molecule has 0 amide bonds. The number of anilines is 3. The summed E-state index contributed by atoms with van der Waals surface area (Å²) in [6, 6.07) is 16.7. The van der Waals surface area contributed by atoms with Gasteiger partial charge in [0.25, 0.3) is 0 Å². The second kappa shape index (κ2) is 10.5. The van der Waals surface area contributed by atoms with Gasteiger partial charge in [-0.3, -0.25) is 0 Å². The third-order valence-electron chi connectivity index (χ3n) is 5.81. The van der Waals surface area contributed by atoms with Gasteiger partial charge in [-0.05, 0) is 42.0 Å². The molecule has 1 aromatic heterocycles. The summed E-state index contributed by atoms with van der Waals surface area (Å²) in [4.78, 5) is 11.0. The average molecular weight is 539 g/mol. The number of ether oxygens (including phenoxy) is 3. The van der Waals surface area contributed by atoms with E-state index in [-0.39, 0.29) is 0 Å². The summed E-state index contributed by atoms with van der Waals surface area (Å²) >= 11 is 3.27. The Labute approximate surface area is 211 Å². The Morgan fingerprint density at radius 2 is 1.83 bits per heavy atom. The lowest BCUT2D eigenvalue weighted by Gasteiger charge is -2.28. The molecular weight excluding hydrogens is 515 g/mol. The molecular formula is C26H24BrFN4O3. The summed E-state index contributed by atoms with van der Waals surface area (Å²) in [5, 5.41) is 3.74. The molecule has 0 radical (unpaired) electrons. The van der Waals surface area contributed by atoms with Crippen LogP contribution in [-0.4, -0.2) is 43.4 Å².